The average molecular weight is 508 g/mol. The molecule has 0 aliphatic carbocycles. The van der Waals surface area contributed by atoms with Gasteiger partial charge >= 0.3 is 0 Å². The fourth-order valence-corrected chi connectivity index (χ4v) is 6.47. The number of hydrogen-bond acceptors (Lipinski definition) is 5. The minimum Gasteiger partial charge on any atom is -0.380 e. The van der Waals surface area contributed by atoms with E-state index in [1.807, 2.05) is 25.1 Å². The molecule has 6 rings (SSSR count). The van der Waals surface area contributed by atoms with Gasteiger partial charge in [-0.05, 0) is 81.9 Å². The Bertz CT molecular complexity index is 1390. The molecule has 3 heterocycles. The number of fused-ring (bicyclic) bond motifs is 3. The monoisotopic (exact) mass is 507 g/mol. The van der Waals surface area contributed by atoms with E-state index in [4.69, 9.17) is 0 Å². The Balaban J connectivity index is 1.10. The number of rotatable bonds is 7. The maximum Gasteiger partial charge on any atom is 0.157 e. The van der Waals surface area contributed by atoms with Gasteiger partial charge in [-0.1, -0.05) is 72.3 Å². The van der Waals surface area contributed by atoms with Crippen molar-refractivity contribution in [2.24, 2.45) is 5.92 Å². The molecule has 2 aliphatic rings. The first-order valence-electron chi connectivity index (χ1n) is 13.9. The third-order valence-corrected chi connectivity index (χ3v) is 8.44. The molecular weight excluding hydrogens is 470 g/mol. The van der Waals surface area contributed by atoms with Crippen LogP contribution >= 0.6 is 0 Å². The third-order valence-electron chi connectivity index (χ3n) is 8.44. The van der Waals surface area contributed by atoms with Crippen LogP contribution in [-0.4, -0.2) is 50.9 Å². The summed E-state index contributed by atoms with van der Waals surface area (Å²) in [7, 11) is 0. The standard InChI is InChI=1S/C32H37N5O/c1-24-10-8-13-28(22-24)32(38,26-11-4-3-5-12-26)27-16-20-35(21-17-27)18-9-19-36-23-31-34-33-25(2)37(31)30-15-7-6-14-29(30)36/h3-8,10-15,22,27,38H,9,16-21,23H2,1-2H3. The number of aryl methyl sites for hydroxylation is 2. The van der Waals surface area contributed by atoms with E-state index in [1.165, 1.54) is 16.9 Å². The van der Waals surface area contributed by atoms with Crippen LogP contribution in [-0.2, 0) is 12.1 Å². The van der Waals surface area contributed by atoms with E-state index in [1.54, 1.807) is 0 Å². The molecule has 6 heteroatoms. The second-order valence-electron chi connectivity index (χ2n) is 10.9. The molecule has 0 spiro atoms. The van der Waals surface area contributed by atoms with Crippen molar-refractivity contribution in [3.8, 4) is 5.69 Å². The predicted octanol–water partition coefficient (Wildman–Crippen LogP) is 5.24. The van der Waals surface area contributed by atoms with E-state index in [0.717, 1.165) is 74.8 Å². The van der Waals surface area contributed by atoms with Crippen molar-refractivity contribution in [1.29, 1.82) is 0 Å². The van der Waals surface area contributed by atoms with Gasteiger partial charge in [0.15, 0.2) is 5.82 Å². The Morgan fingerprint density at radius 1 is 0.816 bits per heavy atom. The fraction of sp³-hybridized carbons (Fsp3) is 0.375. The maximum atomic E-state index is 12.3. The van der Waals surface area contributed by atoms with E-state index in [0.29, 0.717) is 0 Å². The lowest BCUT2D eigenvalue weighted by molar-refractivity contribution is -0.0142. The number of hydrogen-bond donors (Lipinski definition) is 1. The van der Waals surface area contributed by atoms with E-state index in [-0.39, 0.29) is 5.92 Å². The Morgan fingerprint density at radius 2 is 1.53 bits per heavy atom. The first kappa shape index (κ1) is 24.8. The quantitative estimate of drug-likeness (QED) is 0.371. The molecule has 0 radical (unpaired) electrons. The largest absolute Gasteiger partial charge is 0.380 e. The summed E-state index contributed by atoms with van der Waals surface area (Å²) in [5.41, 5.74) is 4.65. The number of aromatic nitrogens is 3. The van der Waals surface area contributed by atoms with Gasteiger partial charge in [-0.3, -0.25) is 4.57 Å². The average Bonchev–Trinajstić information content (AvgIpc) is 3.34. The summed E-state index contributed by atoms with van der Waals surface area (Å²) in [4.78, 5) is 5.01. The van der Waals surface area contributed by atoms with Gasteiger partial charge in [-0.25, -0.2) is 0 Å². The van der Waals surface area contributed by atoms with Gasteiger partial charge in [0, 0.05) is 6.54 Å². The van der Waals surface area contributed by atoms with Gasteiger partial charge in [-0.15, -0.1) is 10.2 Å². The number of para-hydroxylation sites is 2. The highest BCUT2D eigenvalue weighted by Crippen LogP contribution is 2.42. The highest BCUT2D eigenvalue weighted by Gasteiger charge is 2.41. The number of piperidine rings is 1. The number of likely N-dealkylation sites (tertiary alicyclic amines) is 1. The highest BCUT2D eigenvalue weighted by molar-refractivity contribution is 5.65. The molecule has 1 atom stereocenters. The van der Waals surface area contributed by atoms with Gasteiger partial charge in [0.25, 0.3) is 0 Å². The molecule has 3 aromatic carbocycles. The first-order chi connectivity index (χ1) is 18.5. The summed E-state index contributed by atoms with van der Waals surface area (Å²) in [5, 5.41) is 21.0. The fourth-order valence-electron chi connectivity index (χ4n) is 6.47. The molecule has 196 valence electrons. The minimum atomic E-state index is -0.967. The van der Waals surface area contributed by atoms with Crippen LogP contribution in [0.4, 0.5) is 5.69 Å². The van der Waals surface area contributed by atoms with Gasteiger partial charge in [0.2, 0.25) is 0 Å². The SMILES string of the molecule is Cc1cccc(C(O)(c2ccccc2)C2CCN(CCCN3Cc4nnc(C)n4-c4ccccc43)CC2)c1. The van der Waals surface area contributed by atoms with Gasteiger partial charge in [0.05, 0.1) is 17.9 Å². The maximum absolute atomic E-state index is 12.3. The number of benzene rings is 3. The van der Waals surface area contributed by atoms with Crippen LogP contribution in [0.1, 0.15) is 47.6 Å². The Hall–Kier alpha value is -3.48. The summed E-state index contributed by atoms with van der Waals surface area (Å²) >= 11 is 0. The third kappa shape index (κ3) is 4.52. The van der Waals surface area contributed by atoms with Crippen LogP contribution in [0, 0.1) is 19.8 Å². The summed E-state index contributed by atoms with van der Waals surface area (Å²) < 4.78 is 2.18. The van der Waals surface area contributed by atoms with Crippen molar-refractivity contribution in [2.75, 3.05) is 31.1 Å². The molecule has 0 amide bonds. The van der Waals surface area contributed by atoms with Crippen LogP contribution in [0.5, 0.6) is 0 Å². The van der Waals surface area contributed by atoms with Crippen LogP contribution in [0.15, 0.2) is 78.9 Å². The number of nitrogens with zero attached hydrogens (tertiary/aromatic N) is 5. The van der Waals surface area contributed by atoms with Gasteiger partial charge < -0.3 is 14.9 Å². The molecule has 0 bridgehead atoms. The molecule has 1 fully saturated rings. The molecule has 6 nitrogen and oxygen atoms in total. The second kappa shape index (κ2) is 10.4. The van der Waals surface area contributed by atoms with E-state index < -0.39 is 5.60 Å². The lowest BCUT2D eigenvalue weighted by Crippen LogP contribution is -2.45. The van der Waals surface area contributed by atoms with Crippen LogP contribution in [0.3, 0.4) is 0 Å². The summed E-state index contributed by atoms with van der Waals surface area (Å²) in [6.07, 6.45) is 3.05. The van der Waals surface area contributed by atoms with Crippen LogP contribution < -0.4 is 4.90 Å². The first-order valence-corrected chi connectivity index (χ1v) is 13.9. The number of aliphatic hydroxyl groups is 1. The van der Waals surface area contributed by atoms with Crippen molar-refractivity contribution in [3.63, 3.8) is 0 Å². The topological polar surface area (TPSA) is 57.4 Å². The van der Waals surface area contributed by atoms with E-state index in [2.05, 4.69) is 92.2 Å². The van der Waals surface area contributed by atoms with Crippen molar-refractivity contribution in [3.05, 3.63) is 107 Å². The van der Waals surface area contributed by atoms with Crippen molar-refractivity contribution in [2.45, 2.75) is 45.3 Å². The lowest BCUT2D eigenvalue weighted by Gasteiger charge is -2.42. The molecule has 1 saturated heterocycles. The zero-order valence-corrected chi connectivity index (χ0v) is 22.4. The minimum absolute atomic E-state index is 0.187. The zero-order chi connectivity index (χ0) is 26.1. The molecule has 38 heavy (non-hydrogen) atoms. The van der Waals surface area contributed by atoms with Crippen LogP contribution in [0.25, 0.3) is 5.69 Å². The second-order valence-corrected chi connectivity index (χ2v) is 10.9. The summed E-state index contributed by atoms with van der Waals surface area (Å²) in [6.45, 7) is 8.98. The van der Waals surface area contributed by atoms with E-state index in [9.17, 15) is 5.11 Å². The summed E-state index contributed by atoms with van der Waals surface area (Å²) in [6, 6.07) is 27.2. The highest BCUT2D eigenvalue weighted by atomic mass is 16.3. The van der Waals surface area contributed by atoms with Crippen molar-refractivity contribution < 1.29 is 5.11 Å². The summed E-state index contributed by atoms with van der Waals surface area (Å²) in [5.74, 6) is 2.14. The zero-order valence-electron chi connectivity index (χ0n) is 22.4. The molecule has 4 aromatic rings. The van der Waals surface area contributed by atoms with Crippen LogP contribution in [0.2, 0.25) is 0 Å². The molecule has 1 unspecified atom stereocenters. The van der Waals surface area contributed by atoms with Gasteiger partial charge in [0.1, 0.15) is 11.4 Å². The lowest BCUT2D eigenvalue weighted by atomic mass is 9.72. The normalized spacial score (nSPS) is 17.6. The number of anilines is 1. The Morgan fingerprint density at radius 3 is 2.29 bits per heavy atom. The van der Waals surface area contributed by atoms with Crippen molar-refractivity contribution in [1.82, 2.24) is 19.7 Å². The molecule has 0 saturated carbocycles. The molecule has 1 N–H and O–H groups in total. The Labute approximate surface area is 225 Å². The Kier molecular flexibility index (Phi) is 6.76. The molecule has 1 aromatic heterocycles. The predicted molar refractivity (Wildman–Crippen MR) is 152 cm³/mol. The molecular formula is C32H37N5O. The van der Waals surface area contributed by atoms with Crippen molar-refractivity contribution >= 4 is 5.69 Å². The van der Waals surface area contributed by atoms with Gasteiger partial charge in [-0.2, -0.15) is 0 Å². The molecule has 2 aliphatic heterocycles. The van der Waals surface area contributed by atoms with E-state index >= 15 is 0 Å². The smallest absolute Gasteiger partial charge is 0.157 e.